The molecule has 0 aromatic carbocycles. The van der Waals surface area contributed by atoms with Crippen LogP contribution in [0.25, 0.3) is 6.08 Å². The highest BCUT2D eigenvalue weighted by atomic mass is 16.5. The van der Waals surface area contributed by atoms with E-state index in [9.17, 15) is 5.21 Å². The summed E-state index contributed by atoms with van der Waals surface area (Å²) >= 11 is 0. The van der Waals surface area contributed by atoms with E-state index < -0.39 is 0 Å². The lowest BCUT2D eigenvalue weighted by Crippen LogP contribution is -2.28. The highest BCUT2D eigenvalue weighted by Gasteiger charge is 2.35. The van der Waals surface area contributed by atoms with E-state index >= 15 is 0 Å². The van der Waals surface area contributed by atoms with E-state index in [-0.39, 0.29) is 5.54 Å². The predicted molar refractivity (Wildman–Crippen MR) is 65.2 cm³/mol. The fourth-order valence-electron chi connectivity index (χ4n) is 1.84. The molecule has 2 rings (SSSR count). The smallest absolute Gasteiger partial charge is 0.187 e. The summed E-state index contributed by atoms with van der Waals surface area (Å²) in [7, 11) is 0. The number of aromatic nitrogens is 1. The lowest BCUT2D eigenvalue weighted by molar-refractivity contribution is -0.530. The Kier molecular flexibility index (Phi) is 2.77. The number of nitrogens with zero attached hydrogens (tertiary/aromatic N) is 2. The molecule has 0 atom stereocenters. The molecule has 0 spiro atoms. The number of allylic oxidation sites excluding steroid dienone is 1. The molecule has 0 N–H and O–H groups in total. The van der Waals surface area contributed by atoms with E-state index in [1.807, 2.05) is 38.1 Å². The molecule has 0 unspecified atom stereocenters. The second kappa shape index (κ2) is 4.08. The van der Waals surface area contributed by atoms with Crippen LogP contribution in [0.2, 0.25) is 0 Å². The fourth-order valence-corrected chi connectivity index (χ4v) is 1.84. The van der Waals surface area contributed by atoms with E-state index in [4.69, 9.17) is 0 Å². The highest BCUT2D eigenvalue weighted by molar-refractivity contribution is 5.95. The molecule has 1 aliphatic rings. The lowest BCUT2D eigenvalue weighted by atomic mass is 10.0. The summed E-state index contributed by atoms with van der Waals surface area (Å²) in [5, 5.41) is 11.9. The van der Waals surface area contributed by atoms with E-state index in [1.165, 1.54) is 0 Å². The van der Waals surface area contributed by atoms with Gasteiger partial charge in [-0.15, -0.1) is 0 Å². The van der Waals surface area contributed by atoms with Crippen molar-refractivity contribution in [1.29, 1.82) is 0 Å². The maximum absolute atomic E-state index is 11.9. The van der Waals surface area contributed by atoms with Gasteiger partial charge in [0.15, 0.2) is 11.3 Å². The Balaban J connectivity index is 2.18. The van der Waals surface area contributed by atoms with E-state index in [0.717, 1.165) is 28.9 Å². The van der Waals surface area contributed by atoms with Crippen molar-refractivity contribution in [2.24, 2.45) is 0 Å². The zero-order chi connectivity index (χ0) is 11.6. The first kappa shape index (κ1) is 10.9. The summed E-state index contributed by atoms with van der Waals surface area (Å²) in [4.78, 5) is 3.95. The van der Waals surface area contributed by atoms with Crippen molar-refractivity contribution in [2.45, 2.75) is 32.2 Å². The van der Waals surface area contributed by atoms with Crippen LogP contribution in [0.5, 0.6) is 0 Å². The van der Waals surface area contributed by atoms with Gasteiger partial charge in [-0.1, -0.05) is 0 Å². The molecule has 0 aliphatic carbocycles. The van der Waals surface area contributed by atoms with Gasteiger partial charge in [0.1, 0.15) is 0 Å². The Labute approximate surface area is 95.7 Å². The van der Waals surface area contributed by atoms with Crippen LogP contribution in [-0.4, -0.2) is 21.0 Å². The van der Waals surface area contributed by atoms with Crippen LogP contribution in [0.1, 0.15) is 32.3 Å². The summed E-state index contributed by atoms with van der Waals surface area (Å²) < 4.78 is 1.13. The summed E-state index contributed by atoms with van der Waals surface area (Å²) in [6, 6.07) is 3.85. The minimum atomic E-state index is -0.252. The van der Waals surface area contributed by atoms with Crippen molar-refractivity contribution >= 4 is 11.8 Å². The maximum Gasteiger partial charge on any atom is 0.187 e. The third-order valence-corrected chi connectivity index (χ3v) is 2.98. The minimum absolute atomic E-state index is 0.252. The molecule has 0 saturated heterocycles. The van der Waals surface area contributed by atoms with E-state index in [0.29, 0.717) is 0 Å². The summed E-state index contributed by atoms with van der Waals surface area (Å²) in [6.45, 7) is 3.96. The Morgan fingerprint density at radius 1 is 1.31 bits per heavy atom. The number of pyridine rings is 1. The summed E-state index contributed by atoms with van der Waals surface area (Å²) in [5.74, 6) is 0. The van der Waals surface area contributed by atoms with Gasteiger partial charge in [-0.05, 0) is 23.8 Å². The number of rotatable bonds is 2. The van der Waals surface area contributed by atoms with Crippen molar-refractivity contribution < 1.29 is 4.74 Å². The number of hydrogen-bond acceptors (Lipinski definition) is 2. The lowest BCUT2D eigenvalue weighted by Gasteiger charge is -2.17. The van der Waals surface area contributed by atoms with Crippen molar-refractivity contribution in [1.82, 2.24) is 4.98 Å². The first-order valence-electron chi connectivity index (χ1n) is 5.51. The van der Waals surface area contributed by atoms with Gasteiger partial charge in [0, 0.05) is 45.2 Å². The molecule has 2 heterocycles. The Morgan fingerprint density at radius 2 is 2.00 bits per heavy atom. The Hall–Kier alpha value is -1.64. The number of hydroxylamine groups is 1. The van der Waals surface area contributed by atoms with Gasteiger partial charge in [0.2, 0.25) is 0 Å². The van der Waals surface area contributed by atoms with Crippen LogP contribution in [0.4, 0.5) is 0 Å². The van der Waals surface area contributed by atoms with Gasteiger partial charge in [-0.3, -0.25) is 4.98 Å². The average Bonchev–Trinajstić information content (AvgIpc) is 2.54. The van der Waals surface area contributed by atoms with E-state index in [1.54, 1.807) is 12.4 Å². The zero-order valence-electron chi connectivity index (χ0n) is 9.68. The standard InChI is InChI=1S/C13H16N2O/c1-13(2)8-5-12(15(13)16)4-3-11-6-9-14-10-7-11/h3-4,6-7,9-10H,5,8H2,1-2H3/b4-3+. The topological polar surface area (TPSA) is 39.0 Å². The van der Waals surface area contributed by atoms with Crippen molar-refractivity contribution in [3.63, 3.8) is 0 Å². The third kappa shape index (κ3) is 2.13. The SMILES string of the molecule is CC1(C)CCC(/C=C/c2ccncc2)=[N+]1[O-]. The summed E-state index contributed by atoms with van der Waals surface area (Å²) in [6.07, 6.45) is 9.15. The highest BCUT2D eigenvalue weighted by Crippen LogP contribution is 2.24. The molecule has 1 aromatic heterocycles. The molecular weight excluding hydrogens is 200 g/mol. The van der Waals surface area contributed by atoms with Crippen molar-refractivity contribution in [2.75, 3.05) is 0 Å². The van der Waals surface area contributed by atoms with Gasteiger partial charge in [0.25, 0.3) is 0 Å². The van der Waals surface area contributed by atoms with Crippen LogP contribution in [0.15, 0.2) is 30.6 Å². The van der Waals surface area contributed by atoms with Crippen molar-refractivity contribution in [3.05, 3.63) is 41.4 Å². The molecule has 0 bridgehead atoms. The van der Waals surface area contributed by atoms with E-state index in [2.05, 4.69) is 4.98 Å². The van der Waals surface area contributed by atoms with Crippen LogP contribution >= 0.6 is 0 Å². The van der Waals surface area contributed by atoms with Gasteiger partial charge < -0.3 is 5.21 Å². The van der Waals surface area contributed by atoms with Crippen LogP contribution in [-0.2, 0) is 0 Å². The first-order chi connectivity index (χ1) is 7.59. The molecule has 0 fully saturated rings. The molecule has 0 saturated carbocycles. The maximum atomic E-state index is 11.9. The second-order valence-electron chi connectivity index (χ2n) is 4.71. The van der Waals surface area contributed by atoms with Gasteiger partial charge in [0.05, 0.1) is 0 Å². The first-order valence-corrected chi connectivity index (χ1v) is 5.51. The quantitative estimate of drug-likeness (QED) is 0.563. The molecule has 84 valence electrons. The summed E-state index contributed by atoms with van der Waals surface area (Å²) in [5.41, 5.74) is 1.68. The average molecular weight is 216 g/mol. The number of hydrogen-bond donors (Lipinski definition) is 0. The van der Waals surface area contributed by atoms with Gasteiger partial charge >= 0.3 is 0 Å². The second-order valence-corrected chi connectivity index (χ2v) is 4.71. The Morgan fingerprint density at radius 3 is 2.56 bits per heavy atom. The van der Waals surface area contributed by atoms with Crippen LogP contribution < -0.4 is 0 Å². The zero-order valence-corrected chi connectivity index (χ0v) is 9.68. The molecule has 3 heteroatoms. The third-order valence-electron chi connectivity index (χ3n) is 2.98. The van der Waals surface area contributed by atoms with Crippen LogP contribution in [0, 0.1) is 5.21 Å². The molecule has 16 heavy (non-hydrogen) atoms. The molecule has 3 nitrogen and oxygen atoms in total. The monoisotopic (exact) mass is 216 g/mol. The molecule has 1 aliphatic heterocycles. The van der Waals surface area contributed by atoms with Crippen LogP contribution in [0.3, 0.4) is 0 Å². The van der Waals surface area contributed by atoms with Gasteiger partial charge in [-0.25, -0.2) is 4.74 Å². The normalized spacial score (nSPS) is 19.6. The largest absolute Gasteiger partial charge is 0.623 e. The molecule has 0 radical (unpaired) electrons. The molecule has 0 amide bonds. The van der Waals surface area contributed by atoms with Crippen molar-refractivity contribution in [3.8, 4) is 0 Å². The predicted octanol–water partition coefficient (Wildman–Crippen LogP) is 2.62. The molecular formula is C13H16N2O. The minimum Gasteiger partial charge on any atom is -0.623 e. The Bertz CT molecular complexity index is 433. The molecule has 1 aromatic rings. The fraction of sp³-hybridized carbons (Fsp3) is 0.385. The van der Waals surface area contributed by atoms with Gasteiger partial charge in [-0.2, -0.15) is 0 Å².